The second kappa shape index (κ2) is 6.99. The predicted molar refractivity (Wildman–Crippen MR) is 102 cm³/mol. The van der Waals surface area contributed by atoms with Crippen molar-refractivity contribution in [2.45, 2.75) is 31.8 Å². The van der Waals surface area contributed by atoms with E-state index in [-0.39, 0.29) is 11.6 Å². The maximum atomic E-state index is 12.0. The number of aromatic nitrogens is 4. The third-order valence-electron chi connectivity index (χ3n) is 5.03. The topological polar surface area (TPSA) is 107 Å². The van der Waals surface area contributed by atoms with E-state index in [4.69, 9.17) is 12.2 Å². The summed E-state index contributed by atoms with van der Waals surface area (Å²) in [5.41, 5.74) is 2.54. The highest BCUT2D eigenvalue weighted by Crippen LogP contribution is 2.32. The molecule has 0 radical (unpaired) electrons. The second-order valence-corrected chi connectivity index (χ2v) is 7.01. The van der Waals surface area contributed by atoms with Gasteiger partial charge in [0.15, 0.2) is 4.77 Å². The molecule has 140 valence electrons. The molecule has 4 rings (SSSR count). The minimum Gasteiger partial charge on any atom is -0.465 e. The van der Waals surface area contributed by atoms with Crippen LogP contribution < -0.4 is 5.56 Å². The number of carboxylic acid groups (broad SMARTS) is 1. The number of pyridine rings is 1. The van der Waals surface area contributed by atoms with E-state index in [0.717, 1.165) is 30.5 Å². The maximum absolute atomic E-state index is 12.0. The van der Waals surface area contributed by atoms with Crippen molar-refractivity contribution in [2.24, 2.45) is 0 Å². The second-order valence-electron chi connectivity index (χ2n) is 6.62. The molecule has 3 aromatic rings. The van der Waals surface area contributed by atoms with Gasteiger partial charge in [-0.25, -0.2) is 4.79 Å². The Bertz CT molecular complexity index is 1120. The molecule has 3 aromatic heterocycles. The van der Waals surface area contributed by atoms with Gasteiger partial charge in [0, 0.05) is 18.9 Å². The van der Waals surface area contributed by atoms with E-state index < -0.39 is 6.09 Å². The highest BCUT2D eigenvalue weighted by atomic mass is 32.1. The molecule has 1 unspecified atom stereocenters. The lowest BCUT2D eigenvalue weighted by atomic mass is 9.96. The van der Waals surface area contributed by atoms with Crippen LogP contribution in [0.2, 0.25) is 0 Å². The Morgan fingerprint density at radius 3 is 3.04 bits per heavy atom. The Morgan fingerprint density at radius 2 is 2.22 bits per heavy atom. The first-order valence-corrected chi connectivity index (χ1v) is 9.20. The van der Waals surface area contributed by atoms with Crippen LogP contribution in [0.5, 0.6) is 0 Å². The number of carbonyl (C=O) groups is 1. The minimum absolute atomic E-state index is 0.257. The van der Waals surface area contributed by atoms with E-state index in [1.54, 1.807) is 18.5 Å². The van der Waals surface area contributed by atoms with Crippen LogP contribution in [0.25, 0.3) is 11.0 Å². The molecular weight excluding hydrogens is 366 g/mol. The lowest BCUT2D eigenvalue weighted by Crippen LogP contribution is -2.38. The molecule has 0 aliphatic carbocycles. The van der Waals surface area contributed by atoms with Gasteiger partial charge in [-0.05, 0) is 49.2 Å². The predicted octanol–water partition coefficient (Wildman–Crippen LogP) is 3.04. The molecule has 1 aliphatic heterocycles. The Balaban J connectivity index is 1.79. The summed E-state index contributed by atoms with van der Waals surface area (Å²) in [6.07, 6.45) is 5.02. The van der Waals surface area contributed by atoms with E-state index in [1.807, 2.05) is 16.7 Å². The minimum atomic E-state index is -0.926. The van der Waals surface area contributed by atoms with Crippen molar-refractivity contribution in [3.63, 3.8) is 0 Å². The fourth-order valence-corrected chi connectivity index (χ4v) is 4.02. The lowest BCUT2D eigenvalue weighted by Gasteiger charge is -2.34. The highest BCUT2D eigenvalue weighted by Gasteiger charge is 2.30. The van der Waals surface area contributed by atoms with Gasteiger partial charge in [0.25, 0.3) is 5.56 Å². The van der Waals surface area contributed by atoms with Crippen LogP contribution in [0, 0.1) is 4.77 Å². The number of H-pyrrole nitrogens is 2. The smallest absolute Gasteiger partial charge is 0.407 e. The molecule has 0 aromatic carbocycles. The Morgan fingerprint density at radius 1 is 1.37 bits per heavy atom. The fourth-order valence-electron chi connectivity index (χ4n) is 3.76. The van der Waals surface area contributed by atoms with Crippen molar-refractivity contribution in [1.82, 2.24) is 24.4 Å². The first-order chi connectivity index (χ1) is 13.1. The molecule has 0 bridgehead atoms. The third kappa shape index (κ3) is 3.14. The Hall–Kier alpha value is -2.94. The number of nitrogens with zero attached hydrogens (tertiary/aromatic N) is 3. The summed E-state index contributed by atoms with van der Waals surface area (Å²) in [5, 5.41) is 9.57. The van der Waals surface area contributed by atoms with Crippen LogP contribution in [0.4, 0.5) is 4.79 Å². The van der Waals surface area contributed by atoms with Crippen LogP contribution in [-0.2, 0) is 6.54 Å². The largest absolute Gasteiger partial charge is 0.465 e. The molecule has 1 amide bonds. The van der Waals surface area contributed by atoms with Crippen molar-refractivity contribution in [2.75, 3.05) is 6.54 Å². The summed E-state index contributed by atoms with van der Waals surface area (Å²) in [4.78, 5) is 35.3. The number of aromatic amines is 2. The van der Waals surface area contributed by atoms with E-state index in [2.05, 4.69) is 15.0 Å². The van der Waals surface area contributed by atoms with Gasteiger partial charge >= 0.3 is 6.09 Å². The highest BCUT2D eigenvalue weighted by molar-refractivity contribution is 7.71. The summed E-state index contributed by atoms with van der Waals surface area (Å²) >= 11 is 5.37. The normalized spacial score (nSPS) is 17.3. The van der Waals surface area contributed by atoms with Crippen molar-refractivity contribution in [3.05, 3.63) is 57.0 Å². The zero-order chi connectivity index (χ0) is 19.0. The maximum Gasteiger partial charge on any atom is 0.407 e. The quantitative estimate of drug-likeness (QED) is 0.601. The fraction of sp³-hybridized carbons (Fsp3) is 0.333. The molecule has 1 saturated heterocycles. The van der Waals surface area contributed by atoms with Gasteiger partial charge in [0.2, 0.25) is 0 Å². The number of hydrogen-bond acceptors (Lipinski definition) is 4. The molecule has 1 atom stereocenters. The monoisotopic (exact) mass is 385 g/mol. The van der Waals surface area contributed by atoms with Gasteiger partial charge < -0.3 is 14.7 Å². The lowest BCUT2D eigenvalue weighted by molar-refractivity contribution is 0.105. The molecule has 0 spiro atoms. The van der Waals surface area contributed by atoms with E-state index >= 15 is 0 Å². The molecule has 4 heterocycles. The van der Waals surface area contributed by atoms with E-state index in [0.29, 0.717) is 28.9 Å². The number of hydrogen-bond donors (Lipinski definition) is 3. The van der Waals surface area contributed by atoms with Crippen molar-refractivity contribution < 1.29 is 9.90 Å². The van der Waals surface area contributed by atoms with E-state index in [1.165, 1.54) is 4.90 Å². The van der Waals surface area contributed by atoms with Gasteiger partial charge in [-0.2, -0.15) is 0 Å². The summed E-state index contributed by atoms with van der Waals surface area (Å²) in [6, 6.07) is 5.30. The van der Waals surface area contributed by atoms with Gasteiger partial charge in [0.05, 0.1) is 23.8 Å². The van der Waals surface area contributed by atoms with Crippen LogP contribution in [0.1, 0.15) is 36.6 Å². The van der Waals surface area contributed by atoms with E-state index in [9.17, 15) is 14.7 Å². The number of amides is 1. The number of likely N-dealkylation sites (tertiary alicyclic amines) is 1. The summed E-state index contributed by atoms with van der Waals surface area (Å²) in [7, 11) is 0. The van der Waals surface area contributed by atoms with Crippen molar-refractivity contribution in [1.29, 1.82) is 0 Å². The van der Waals surface area contributed by atoms with Crippen LogP contribution in [0.3, 0.4) is 0 Å². The Labute approximate surface area is 159 Å². The number of piperidine rings is 1. The molecule has 3 N–H and O–H groups in total. The zero-order valence-corrected chi connectivity index (χ0v) is 15.3. The van der Waals surface area contributed by atoms with Crippen LogP contribution in [-0.4, -0.2) is 42.2 Å². The van der Waals surface area contributed by atoms with Gasteiger partial charge in [-0.3, -0.25) is 19.7 Å². The molecule has 0 saturated carbocycles. The number of rotatable bonds is 3. The Kier molecular flexibility index (Phi) is 4.53. The molecule has 1 aliphatic rings. The molecule has 9 heteroatoms. The van der Waals surface area contributed by atoms with Crippen molar-refractivity contribution >= 4 is 29.3 Å². The molecule has 27 heavy (non-hydrogen) atoms. The molecule has 1 fully saturated rings. The SMILES string of the molecule is O=C(O)N1CCCCC1c1ncccc1Cn1c(=S)[nH]c(=O)c2[nH]ccc21. The first kappa shape index (κ1) is 17.5. The summed E-state index contributed by atoms with van der Waals surface area (Å²) in [6.45, 7) is 0.910. The average Bonchev–Trinajstić information content (AvgIpc) is 3.16. The third-order valence-corrected chi connectivity index (χ3v) is 5.35. The molecular formula is C18H19N5O3S. The van der Waals surface area contributed by atoms with Crippen LogP contribution >= 0.6 is 12.2 Å². The van der Waals surface area contributed by atoms with Gasteiger partial charge in [-0.15, -0.1) is 0 Å². The number of nitrogens with one attached hydrogen (secondary N) is 2. The van der Waals surface area contributed by atoms with Crippen molar-refractivity contribution in [3.8, 4) is 0 Å². The van der Waals surface area contributed by atoms with Crippen LogP contribution in [0.15, 0.2) is 35.4 Å². The summed E-state index contributed by atoms with van der Waals surface area (Å²) in [5.74, 6) is 0. The average molecular weight is 385 g/mol. The van der Waals surface area contributed by atoms with Gasteiger partial charge in [0.1, 0.15) is 5.52 Å². The standard InChI is InChI=1S/C18H19N5O3S/c24-16-15-13(6-8-20-15)23(17(27)21-16)10-11-4-3-7-19-14(11)12-5-1-2-9-22(12)18(25)26/h3-4,6-8,12,20H,1-2,5,9-10H2,(H,25,26)(H,21,24,27). The van der Waals surface area contributed by atoms with Gasteiger partial charge in [-0.1, -0.05) is 6.07 Å². The zero-order valence-electron chi connectivity index (χ0n) is 14.5. The molecule has 8 nitrogen and oxygen atoms in total. The summed E-state index contributed by atoms with van der Waals surface area (Å²) < 4.78 is 2.15. The number of fused-ring (bicyclic) bond motifs is 1. The first-order valence-electron chi connectivity index (χ1n) is 8.80.